The van der Waals surface area contributed by atoms with E-state index in [2.05, 4.69) is 23.0 Å². The van der Waals surface area contributed by atoms with Crippen LogP contribution in [0.4, 0.5) is 0 Å². The lowest BCUT2D eigenvalue weighted by molar-refractivity contribution is 0.0700. The van der Waals surface area contributed by atoms with Crippen LogP contribution < -0.4 is 0 Å². The van der Waals surface area contributed by atoms with E-state index in [4.69, 9.17) is 0 Å². The zero-order valence-corrected chi connectivity index (χ0v) is 12.1. The second-order valence-corrected chi connectivity index (χ2v) is 5.29. The van der Waals surface area contributed by atoms with Crippen LogP contribution >= 0.6 is 11.3 Å². The molecule has 0 aliphatic carbocycles. The van der Waals surface area contributed by atoms with Gasteiger partial charge in [0.1, 0.15) is 9.88 Å². The number of rotatable bonds is 9. The van der Waals surface area contributed by atoms with E-state index in [-0.39, 0.29) is 0 Å². The molecule has 1 aromatic rings. The van der Waals surface area contributed by atoms with Crippen LogP contribution in [0, 0.1) is 0 Å². The largest absolute Gasteiger partial charge is 0.477 e. The summed E-state index contributed by atoms with van der Waals surface area (Å²) in [6.45, 7) is 11.6. The van der Waals surface area contributed by atoms with Gasteiger partial charge in [-0.15, -0.1) is 24.5 Å². The quantitative estimate of drug-likeness (QED) is 0.707. The molecule has 0 bridgehead atoms. The number of hydrogen-bond donors (Lipinski definition) is 1. The van der Waals surface area contributed by atoms with E-state index in [9.17, 15) is 9.90 Å². The molecule has 0 spiro atoms. The lowest BCUT2D eigenvalue weighted by atomic mass is 10.2. The van der Waals surface area contributed by atoms with Crippen molar-refractivity contribution in [2.75, 3.05) is 13.1 Å². The molecule has 5 heteroatoms. The molecule has 0 amide bonds. The average Bonchev–Trinajstić information content (AvgIpc) is 2.73. The first-order valence-corrected chi connectivity index (χ1v) is 7.10. The van der Waals surface area contributed by atoms with E-state index in [1.165, 1.54) is 11.3 Å². The number of nitrogens with zero attached hydrogens (tertiary/aromatic N) is 2. The van der Waals surface area contributed by atoms with Gasteiger partial charge in [0.05, 0.1) is 12.2 Å². The highest BCUT2D eigenvalue weighted by atomic mass is 32.1. The number of aromatic carboxylic acids is 1. The monoisotopic (exact) mass is 280 g/mol. The molecule has 0 radical (unpaired) electrons. The highest BCUT2D eigenvalue weighted by Gasteiger charge is 2.17. The topological polar surface area (TPSA) is 53.4 Å². The summed E-state index contributed by atoms with van der Waals surface area (Å²) in [5, 5.41) is 10.0. The van der Waals surface area contributed by atoms with Crippen molar-refractivity contribution < 1.29 is 9.90 Å². The van der Waals surface area contributed by atoms with Gasteiger partial charge >= 0.3 is 5.97 Å². The molecule has 1 heterocycles. The Balaban J connectivity index is 2.87. The van der Waals surface area contributed by atoms with Crippen molar-refractivity contribution in [1.29, 1.82) is 0 Å². The second-order valence-electron chi connectivity index (χ2n) is 4.21. The number of hydrogen-bond acceptors (Lipinski definition) is 4. The first kappa shape index (κ1) is 15.6. The molecule has 0 aliphatic heterocycles. The van der Waals surface area contributed by atoms with Gasteiger partial charge in [0.25, 0.3) is 0 Å². The highest BCUT2D eigenvalue weighted by Crippen LogP contribution is 2.21. The molecule has 1 rings (SSSR count). The highest BCUT2D eigenvalue weighted by molar-refractivity contribution is 7.13. The Kier molecular flexibility index (Phi) is 6.45. The van der Waals surface area contributed by atoms with Gasteiger partial charge in [-0.05, 0) is 6.42 Å². The van der Waals surface area contributed by atoms with Crippen LogP contribution in [0.5, 0.6) is 0 Å². The second kappa shape index (κ2) is 7.86. The molecule has 104 valence electrons. The minimum atomic E-state index is -0.883. The fraction of sp³-hybridized carbons (Fsp3) is 0.429. The van der Waals surface area contributed by atoms with Crippen molar-refractivity contribution >= 4 is 17.3 Å². The summed E-state index contributed by atoms with van der Waals surface area (Å²) in [5.41, 5.74) is 0.701. The third-order valence-electron chi connectivity index (χ3n) is 2.56. The van der Waals surface area contributed by atoms with E-state index < -0.39 is 5.97 Å². The van der Waals surface area contributed by atoms with Crippen LogP contribution in [0.15, 0.2) is 25.3 Å². The molecular formula is C14H20N2O2S. The molecule has 0 aromatic carbocycles. The van der Waals surface area contributed by atoms with Gasteiger partial charge in [0, 0.05) is 13.1 Å². The van der Waals surface area contributed by atoms with Gasteiger partial charge in [0.2, 0.25) is 0 Å². The molecule has 4 nitrogen and oxygen atoms in total. The Morgan fingerprint density at radius 2 is 2.05 bits per heavy atom. The number of aryl methyl sites for hydroxylation is 1. The van der Waals surface area contributed by atoms with Gasteiger partial charge in [-0.3, -0.25) is 4.90 Å². The summed E-state index contributed by atoms with van der Waals surface area (Å²) < 4.78 is 0. The number of carboxylic acid groups (broad SMARTS) is 1. The minimum absolute atomic E-state index is 0.369. The van der Waals surface area contributed by atoms with Crippen LogP contribution in [0.25, 0.3) is 0 Å². The van der Waals surface area contributed by atoms with Gasteiger partial charge < -0.3 is 5.11 Å². The summed E-state index contributed by atoms with van der Waals surface area (Å²) >= 11 is 1.27. The molecule has 1 aromatic heterocycles. The fourth-order valence-corrected chi connectivity index (χ4v) is 2.79. The Hall–Kier alpha value is -1.46. The smallest absolute Gasteiger partial charge is 0.347 e. The molecule has 0 saturated carbocycles. The van der Waals surface area contributed by atoms with Crippen molar-refractivity contribution in [2.24, 2.45) is 0 Å². The Bertz CT molecular complexity index is 444. The van der Waals surface area contributed by atoms with E-state index >= 15 is 0 Å². The molecule has 0 aliphatic rings. The maximum Gasteiger partial charge on any atom is 0.347 e. The van der Waals surface area contributed by atoms with Crippen LogP contribution in [-0.4, -0.2) is 34.0 Å². The number of carboxylic acids is 1. The van der Waals surface area contributed by atoms with Gasteiger partial charge in [-0.25, -0.2) is 9.78 Å². The van der Waals surface area contributed by atoms with Gasteiger partial charge in [0.15, 0.2) is 0 Å². The summed E-state index contributed by atoms with van der Waals surface area (Å²) in [4.78, 5) is 18.1. The molecule has 1 N–H and O–H groups in total. The lowest BCUT2D eigenvalue weighted by Gasteiger charge is -2.16. The van der Waals surface area contributed by atoms with E-state index in [1.54, 1.807) is 0 Å². The summed E-state index contributed by atoms with van der Waals surface area (Å²) in [6.07, 6.45) is 5.25. The molecule has 0 fully saturated rings. The summed E-state index contributed by atoms with van der Waals surface area (Å²) in [7, 11) is 0. The first-order chi connectivity index (χ1) is 9.12. The fourth-order valence-electron chi connectivity index (χ4n) is 1.80. The van der Waals surface area contributed by atoms with Gasteiger partial charge in [-0.2, -0.15) is 0 Å². The van der Waals surface area contributed by atoms with E-state index in [0.29, 0.717) is 23.5 Å². The third-order valence-corrected chi connectivity index (χ3v) is 3.63. The predicted molar refractivity (Wildman–Crippen MR) is 78.7 cm³/mol. The van der Waals surface area contributed by atoms with Crippen molar-refractivity contribution in [2.45, 2.75) is 26.3 Å². The SMILES string of the molecule is C=CCN(CC=C)Cc1nc(CCC)c(C(=O)O)s1. The van der Waals surface area contributed by atoms with Crippen LogP contribution in [0.2, 0.25) is 0 Å². The Labute approximate surface area is 118 Å². The summed E-state index contributed by atoms with van der Waals surface area (Å²) in [5.74, 6) is -0.883. The number of thiazole rings is 1. The Morgan fingerprint density at radius 1 is 1.42 bits per heavy atom. The normalized spacial score (nSPS) is 10.6. The van der Waals surface area contributed by atoms with Crippen molar-refractivity contribution in [3.63, 3.8) is 0 Å². The Morgan fingerprint density at radius 3 is 2.53 bits per heavy atom. The lowest BCUT2D eigenvalue weighted by Crippen LogP contribution is -2.23. The molecule has 0 unspecified atom stereocenters. The minimum Gasteiger partial charge on any atom is -0.477 e. The first-order valence-electron chi connectivity index (χ1n) is 6.28. The zero-order chi connectivity index (χ0) is 14.3. The number of aromatic nitrogens is 1. The molecular weight excluding hydrogens is 260 g/mol. The van der Waals surface area contributed by atoms with Crippen molar-refractivity contribution in [3.8, 4) is 0 Å². The maximum atomic E-state index is 11.2. The average molecular weight is 280 g/mol. The molecule has 19 heavy (non-hydrogen) atoms. The predicted octanol–water partition coefficient (Wildman–Crippen LogP) is 2.97. The van der Waals surface area contributed by atoms with Gasteiger partial charge in [-0.1, -0.05) is 25.5 Å². The summed E-state index contributed by atoms with van der Waals surface area (Å²) in [6, 6.07) is 0. The van der Waals surface area contributed by atoms with Crippen LogP contribution in [0.1, 0.15) is 33.7 Å². The van der Waals surface area contributed by atoms with Crippen LogP contribution in [-0.2, 0) is 13.0 Å². The third kappa shape index (κ3) is 4.61. The maximum absolute atomic E-state index is 11.2. The standard InChI is InChI=1S/C14H20N2O2S/c1-4-7-11-13(14(17)18)19-12(15-11)10-16(8-5-2)9-6-3/h5-6H,2-4,7-10H2,1H3,(H,17,18). The van der Waals surface area contributed by atoms with Crippen molar-refractivity contribution in [3.05, 3.63) is 40.9 Å². The number of carbonyl (C=O) groups is 1. The molecule has 0 atom stereocenters. The molecule has 0 saturated heterocycles. The van der Waals surface area contributed by atoms with E-state index in [0.717, 1.165) is 24.5 Å². The van der Waals surface area contributed by atoms with Crippen molar-refractivity contribution in [1.82, 2.24) is 9.88 Å². The van der Waals surface area contributed by atoms with Crippen LogP contribution in [0.3, 0.4) is 0 Å². The van der Waals surface area contributed by atoms with E-state index in [1.807, 2.05) is 19.1 Å². The zero-order valence-electron chi connectivity index (χ0n) is 11.3.